The molecule has 0 aromatic carbocycles. The van der Waals surface area contributed by atoms with Crippen LogP contribution in [0.3, 0.4) is 0 Å². The number of hydrogen-bond donors (Lipinski definition) is 3. The van der Waals surface area contributed by atoms with Crippen LogP contribution < -0.4 is 0 Å². The lowest BCUT2D eigenvalue weighted by atomic mass is 9.99. The Balaban J connectivity index is 4.54. The molecule has 6 heteroatoms. The van der Waals surface area contributed by atoms with Crippen molar-refractivity contribution in [3.63, 3.8) is 0 Å². The third-order valence-electron chi connectivity index (χ3n) is 10.6. The number of esters is 1. The summed E-state index contributed by atoms with van der Waals surface area (Å²) in [4.78, 5) is 15.1. The van der Waals surface area contributed by atoms with E-state index in [1.165, 1.54) is 128 Å². The normalized spacial score (nSPS) is 14.2. The van der Waals surface area contributed by atoms with Gasteiger partial charge in [0.1, 0.15) is 6.61 Å². The van der Waals surface area contributed by atoms with Crippen molar-refractivity contribution in [3.05, 3.63) is 0 Å². The highest BCUT2D eigenvalue weighted by Crippen LogP contribution is 2.18. The Hall–Kier alpha value is -0.690. The molecular weight excluding hydrogens is 622 g/mol. The van der Waals surface area contributed by atoms with Crippen LogP contribution >= 0.6 is 0 Å². The van der Waals surface area contributed by atoms with E-state index in [0.29, 0.717) is 19.5 Å². The Bertz CT molecular complexity index is 663. The van der Waals surface area contributed by atoms with Crippen LogP contribution in [0.15, 0.2) is 0 Å². The minimum Gasteiger partial charge on any atom is -0.463 e. The van der Waals surface area contributed by atoms with Gasteiger partial charge >= 0.3 is 5.97 Å². The molecule has 0 aliphatic carbocycles. The topological polar surface area (TPSA) is 90.2 Å². The van der Waals surface area contributed by atoms with Gasteiger partial charge in [0, 0.05) is 13.1 Å². The summed E-state index contributed by atoms with van der Waals surface area (Å²) in [7, 11) is 0. The maximum Gasteiger partial charge on any atom is 0.309 e. The zero-order chi connectivity index (χ0) is 36.9. The lowest BCUT2D eigenvalue weighted by molar-refractivity contribution is -0.152. The van der Waals surface area contributed by atoms with E-state index in [9.17, 15) is 20.1 Å². The van der Waals surface area contributed by atoms with E-state index < -0.39 is 6.10 Å². The lowest BCUT2D eigenvalue weighted by Crippen LogP contribution is -2.38. The van der Waals surface area contributed by atoms with Crippen molar-refractivity contribution in [2.24, 2.45) is 5.92 Å². The Labute approximate surface area is 312 Å². The summed E-state index contributed by atoms with van der Waals surface area (Å²) in [5, 5.41) is 32.2. The molecule has 0 heterocycles. The fraction of sp³-hybridized carbons (Fsp3) is 0.977. The van der Waals surface area contributed by atoms with Gasteiger partial charge < -0.3 is 20.1 Å². The average molecular weight is 712 g/mol. The molecule has 4 unspecified atom stereocenters. The van der Waals surface area contributed by atoms with Crippen molar-refractivity contribution in [3.8, 4) is 0 Å². The molecule has 0 radical (unpaired) electrons. The number of nitrogens with zero attached hydrogens (tertiary/aromatic N) is 1. The highest BCUT2D eigenvalue weighted by Gasteiger charge is 2.20. The maximum atomic E-state index is 12.8. The van der Waals surface area contributed by atoms with Crippen LogP contribution in [-0.2, 0) is 9.53 Å². The van der Waals surface area contributed by atoms with Gasteiger partial charge in [0.25, 0.3) is 0 Å². The number of rotatable bonds is 40. The summed E-state index contributed by atoms with van der Waals surface area (Å²) < 4.78 is 5.56. The van der Waals surface area contributed by atoms with E-state index >= 15 is 0 Å². The van der Waals surface area contributed by atoms with Crippen molar-refractivity contribution in [2.75, 3.05) is 26.2 Å². The molecule has 0 saturated carbocycles. The van der Waals surface area contributed by atoms with Gasteiger partial charge in [-0.25, -0.2) is 0 Å². The van der Waals surface area contributed by atoms with Gasteiger partial charge in [-0.15, -0.1) is 0 Å². The average Bonchev–Trinajstić information content (AvgIpc) is 3.10. The van der Waals surface area contributed by atoms with E-state index in [0.717, 1.165) is 70.8 Å². The molecule has 0 fully saturated rings. The van der Waals surface area contributed by atoms with Crippen LogP contribution in [-0.4, -0.2) is 70.7 Å². The Morgan fingerprint density at radius 2 is 0.800 bits per heavy atom. The molecule has 0 aliphatic heterocycles. The van der Waals surface area contributed by atoms with Gasteiger partial charge in [-0.3, -0.25) is 9.69 Å². The molecule has 6 nitrogen and oxygen atoms in total. The van der Waals surface area contributed by atoms with Crippen molar-refractivity contribution in [2.45, 2.75) is 245 Å². The molecule has 0 bridgehead atoms. The summed E-state index contributed by atoms with van der Waals surface area (Å²) in [5.74, 6) is -0.320. The Morgan fingerprint density at radius 3 is 1.18 bits per heavy atom. The largest absolute Gasteiger partial charge is 0.463 e. The van der Waals surface area contributed by atoms with Gasteiger partial charge in [-0.1, -0.05) is 188 Å². The second-order valence-corrected chi connectivity index (χ2v) is 15.7. The minimum atomic E-state index is -0.570. The predicted octanol–water partition coefficient (Wildman–Crippen LogP) is 11.7. The smallest absolute Gasteiger partial charge is 0.309 e. The molecule has 0 saturated heterocycles. The SMILES string of the molecule is CCCCCCCCCCC(O)COC(=O)C(CC)CCCCN(CC(O)CCCCCCCCCC)CC(O)CCCCCCCCCC. The molecule has 300 valence electrons. The van der Waals surface area contributed by atoms with E-state index in [4.69, 9.17) is 4.74 Å². The van der Waals surface area contributed by atoms with Crippen LogP contribution in [0.25, 0.3) is 0 Å². The lowest BCUT2D eigenvalue weighted by Gasteiger charge is -2.27. The van der Waals surface area contributed by atoms with Crippen molar-refractivity contribution < 1.29 is 24.9 Å². The van der Waals surface area contributed by atoms with Gasteiger partial charge in [0.05, 0.1) is 24.2 Å². The number of unbranched alkanes of at least 4 members (excludes halogenated alkanes) is 22. The van der Waals surface area contributed by atoms with E-state index in [-0.39, 0.29) is 30.7 Å². The van der Waals surface area contributed by atoms with E-state index in [2.05, 4.69) is 25.7 Å². The molecule has 0 aromatic heterocycles. The quantitative estimate of drug-likeness (QED) is 0.0433. The van der Waals surface area contributed by atoms with Crippen molar-refractivity contribution in [1.82, 2.24) is 4.90 Å². The summed E-state index contributed by atoms with van der Waals surface area (Å²) in [6, 6.07) is 0. The first-order chi connectivity index (χ1) is 24.4. The second-order valence-electron chi connectivity index (χ2n) is 15.7. The highest BCUT2D eigenvalue weighted by molar-refractivity contribution is 5.72. The van der Waals surface area contributed by atoms with Crippen LogP contribution in [0.4, 0.5) is 0 Å². The van der Waals surface area contributed by atoms with Gasteiger partial charge in [-0.2, -0.15) is 0 Å². The molecule has 3 N–H and O–H groups in total. The summed E-state index contributed by atoms with van der Waals surface area (Å²) in [6.07, 6.45) is 34.5. The third kappa shape index (κ3) is 33.2. The number of carbonyl (C=O) groups excluding carboxylic acids is 1. The first-order valence-corrected chi connectivity index (χ1v) is 22.3. The van der Waals surface area contributed by atoms with Gasteiger partial charge in [0.2, 0.25) is 0 Å². The minimum absolute atomic E-state index is 0.104. The van der Waals surface area contributed by atoms with E-state index in [1.807, 2.05) is 6.92 Å². The summed E-state index contributed by atoms with van der Waals surface area (Å²) in [5.41, 5.74) is 0. The van der Waals surface area contributed by atoms with Gasteiger partial charge in [0.15, 0.2) is 0 Å². The third-order valence-corrected chi connectivity index (χ3v) is 10.6. The monoisotopic (exact) mass is 712 g/mol. The van der Waals surface area contributed by atoms with Crippen LogP contribution in [0, 0.1) is 5.92 Å². The molecule has 50 heavy (non-hydrogen) atoms. The van der Waals surface area contributed by atoms with E-state index in [1.54, 1.807) is 0 Å². The standard InChI is InChI=1S/C44H89NO5/c1-5-9-12-15-18-21-24-27-33-41(46)37-45(38-42(47)34-28-25-22-19-16-13-10-6-2)36-31-30-32-40(8-4)44(49)50-39-43(48)35-29-26-23-20-17-14-11-7-3/h40-43,46-48H,5-39H2,1-4H3. The first kappa shape index (κ1) is 49.3. The molecule has 0 aliphatic rings. The Kier molecular flexibility index (Phi) is 37.5. The number of ether oxygens (including phenoxy) is 1. The fourth-order valence-corrected chi connectivity index (χ4v) is 7.17. The van der Waals surface area contributed by atoms with Crippen LogP contribution in [0.5, 0.6) is 0 Å². The second kappa shape index (κ2) is 38.0. The molecule has 0 aromatic rings. The number of aliphatic hydroxyl groups is 3. The van der Waals surface area contributed by atoms with Crippen LogP contribution in [0.1, 0.15) is 227 Å². The Morgan fingerprint density at radius 1 is 0.460 bits per heavy atom. The zero-order valence-electron chi connectivity index (χ0n) is 34.2. The fourth-order valence-electron chi connectivity index (χ4n) is 7.17. The number of hydrogen-bond acceptors (Lipinski definition) is 6. The molecule has 0 spiro atoms. The zero-order valence-corrected chi connectivity index (χ0v) is 34.2. The molecule has 4 atom stereocenters. The van der Waals surface area contributed by atoms with Crippen LogP contribution in [0.2, 0.25) is 0 Å². The highest BCUT2D eigenvalue weighted by atomic mass is 16.5. The number of carbonyl (C=O) groups is 1. The first-order valence-electron chi connectivity index (χ1n) is 22.3. The summed E-state index contributed by atoms with van der Waals surface area (Å²) >= 11 is 0. The maximum absolute atomic E-state index is 12.8. The molecule has 0 amide bonds. The summed E-state index contributed by atoms with van der Waals surface area (Å²) in [6.45, 7) is 10.9. The number of aliphatic hydroxyl groups excluding tert-OH is 3. The van der Waals surface area contributed by atoms with Gasteiger partial charge in [-0.05, 0) is 45.1 Å². The molecular formula is C44H89NO5. The van der Waals surface area contributed by atoms with Crippen molar-refractivity contribution in [1.29, 1.82) is 0 Å². The predicted molar refractivity (Wildman–Crippen MR) is 215 cm³/mol. The molecule has 0 rings (SSSR count). The van der Waals surface area contributed by atoms with Crippen molar-refractivity contribution >= 4 is 5.97 Å².